The molecule has 0 atom stereocenters. The van der Waals surface area contributed by atoms with E-state index in [1.54, 1.807) is 0 Å². The summed E-state index contributed by atoms with van der Waals surface area (Å²) >= 11 is 0. The smallest absolute Gasteiger partial charge is 0.306 e. The molecule has 2 heteroatoms. The summed E-state index contributed by atoms with van der Waals surface area (Å²) in [6.07, 6.45) is 9.16. The van der Waals surface area contributed by atoms with Crippen molar-refractivity contribution in [3.8, 4) is 0 Å². The number of rotatable bonds is 7. The third-order valence-electron chi connectivity index (χ3n) is 5.48. The second-order valence-corrected chi connectivity index (χ2v) is 7.67. The molecule has 1 aliphatic carbocycles. The number of benzene rings is 1. The van der Waals surface area contributed by atoms with Crippen LogP contribution in [0.3, 0.4) is 0 Å². The van der Waals surface area contributed by atoms with Gasteiger partial charge in [-0.1, -0.05) is 57.5 Å². The fraction of sp³-hybridized carbons (Fsp3) is 0.667. The van der Waals surface area contributed by atoms with E-state index in [0.29, 0.717) is 6.42 Å². The zero-order chi connectivity index (χ0) is 16.8. The summed E-state index contributed by atoms with van der Waals surface area (Å²) in [5, 5.41) is 0. The summed E-state index contributed by atoms with van der Waals surface area (Å²) in [6.45, 7) is 6.65. The highest BCUT2D eigenvalue weighted by Gasteiger charge is 2.34. The van der Waals surface area contributed by atoms with E-state index < -0.39 is 0 Å². The van der Waals surface area contributed by atoms with Crippen LogP contribution in [0.25, 0.3) is 0 Å². The molecular weight excluding hydrogens is 284 g/mol. The van der Waals surface area contributed by atoms with Crippen molar-refractivity contribution < 1.29 is 9.53 Å². The number of carbonyl (C=O) groups excluding carboxylic acids is 1. The highest BCUT2D eigenvalue weighted by atomic mass is 16.6. The topological polar surface area (TPSA) is 26.3 Å². The summed E-state index contributed by atoms with van der Waals surface area (Å²) in [5.74, 6) is -0.00221. The molecule has 0 N–H and O–H groups in total. The molecule has 0 bridgehead atoms. The minimum atomic E-state index is -0.162. The molecule has 1 aliphatic rings. The molecule has 0 unspecified atom stereocenters. The molecule has 0 saturated heterocycles. The standard InChI is InChI=1S/C21H32O2/c1-4-21(16-9-6-10-17-21)23-19(22)14-11-15-20(2,3)18-12-7-5-8-13-18/h5,7-8,12-13H,4,6,9-11,14-17H2,1-3H3. The third-order valence-corrected chi connectivity index (χ3v) is 5.48. The zero-order valence-corrected chi connectivity index (χ0v) is 15.1. The van der Waals surface area contributed by atoms with Gasteiger partial charge in [-0.2, -0.15) is 0 Å². The van der Waals surface area contributed by atoms with Crippen molar-refractivity contribution in [2.45, 2.75) is 89.6 Å². The molecular formula is C21H32O2. The Morgan fingerprint density at radius 2 is 1.78 bits per heavy atom. The van der Waals surface area contributed by atoms with Crippen LogP contribution >= 0.6 is 0 Å². The number of hydrogen-bond donors (Lipinski definition) is 0. The third kappa shape index (κ3) is 5.09. The van der Waals surface area contributed by atoms with Crippen LogP contribution in [0.2, 0.25) is 0 Å². The Labute approximate surface area is 141 Å². The fourth-order valence-electron chi connectivity index (χ4n) is 3.72. The lowest BCUT2D eigenvalue weighted by Crippen LogP contribution is -2.36. The van der Waals surface area contributed by atoms with Crippen molar-refractivity contribution in [1.29, 1.82) is 0 Å². The first-order valence-electron chi connectivity index (χ1n) is 9.25. The van der Waals surface area contributed by atoms with E-state index in [4.69, 9.17) is 4.74 Å². The Bertz CT molecular complexity index is 484. The fourth-order valence-corrected chi connectivity index (χ4v) is 3.72. The van der Waals surface area contributed by atoms with E-state index >= 15 is 0 Å². The van der Waals surface area contributed by atoms with E-state index in [1.807, 2.05) is 6.07 Å². The van der Waals surface area contributed by atoms with Gasteiger partial charge < -0.3 is 4.74 Å². The Kier molecular flexibility index (Phi) is 6.26. The van der Waals surface area contributed by atoms with E-state index in [-0.39, 0.29) is 17.0 Å². The van der Waals surface area contributed by atoms with Crippen molar-refractivity contribution in [2.24, 2.45) is 0 Å². The lowest BCUT2D eigenvalue weighted by atomic mass is 9.80. The molecule has 128 valence electrons. The average Bonchev–Trinajstić information content (AvgIpc) is 2.56. The maximum atomic E-state index is 12.3. The second kappa shape index (κ2) is 7.99. The van der Waals surface area contributed by atoms with Crippen LogP contribution in [-0.4, -0.2) is 11.6 Å². The van der Waals surface area contributed by atoms with Crippen molar-refractivity contribution in [2.75, 3.05) is 0 Å². The number of esters is 1. The SMILES string of the molecule is CCC1(OC(=O)CCCC(C)(C)c2ccccc2)CCCCC1. The van der Waals surface area contributed by atoms with Crippen molar-refractivity contribution in [1.82, 2.24) is 0 Å². The molecule has 0 radical (unpaired) electrons. The van der Waals surface area contributed by atoms with Gasteiger partial charge in [0.15, 0.2) is 0 Å². The molecule has 0 spiro atoms. The lowest BCUT2D eigenvalue weighted by Gasteiger charge is -2.36. The summed E-state index contributed by atoms with van der Waals surface area (Å²) in [7, 11) is 0. The monoisotopic (exact) mass is 316 g/mol. The molecule has 23 heavy (non-hydrogen) atoms. The Morgan fingerprint density at radius 1 is 1.13 bits per heavy atom. The molecule has 1 aromatic rings. The number of carbonyl (C=O) groups is 1. The first kappa shape index (κ1) is 18.0. The molecule has 0 aliphatic heterocycles. The van der Waals surface area contributed by atoms with Crippen molar-refractivity contribution in [3.63, 3.8) is 0 Å². The number of hydrogen-bond acceptors (Lipinski definition) is 2. The van der Waals surface area contributed by atoms with Gasteiger partial charge in [0.1, 0.15) is 5.60 Å². The first-order chi connectivity index (χ1) is 11.0. The van der Waals surface area contributed by atoms with Gasteiger partial charge in [-0.3, -0.25) is 4.79 Å². The van der Waals surface area contributed by atoms with Crippen LogP contribution in [0.15, 0.2) is 30.3 Å². The van der Waals surface area contributed by atoms with Gasteiger partial charge in [0.05, 0.1) is 0 Å². The molecule has 1 saturated carbocycles. The van der Waals surface area contributed by atoms with Gasteiger partial charge in [-0.25, -0.2) is 0 Å². The highest BCUT2D eigenvalue weighted by Crippen LogP contribution is 2.35. The minimum absolute atomic E-state index is 0.00221. The van der Waals surface area contributed by atoms with Gasteiger partial charge >= 0.3 is 5.97 Å². The summed E-state index contributed by atoms with van der Waals surface area (Å²) < 4.78 is 5.91. The quantitative estimate of drug-likeness (QED) is 0.595. The molecule has 0 amide bonds. The van der Waals surface area contributed by atoms with E-state index in [0.717, 1.165) is 32.1 Å². The zero-order valence-electron chi connectivity index (χ0n) is 15.1. The Balaban J connectivity index is 1.80. The van der Waals surface area contributed by atoms with Crippen LogP contribution in [0.5, 0.6) is 0 Å². The normalized spacial score (nSPS) is 17.7. The van der Waals surface area contributed by atoms with E-state index in [9.17, 15) is 4.79 Å². The van der Waals surface area contributed by atoms with Gasteiger partial charge in [-0.15, -0.1) is 0 Å². The first-order valence-corrected chi connectivity index (χ1v) is 9.25. The summed E-state index contributed by atoms with van der Waals surface area (Å²) in [5.41, 5.74) is 1.28. The molecule has 1 fully saturated rings. The van der Waals surface area contributed by atoms with Crippen LogP contribution < -0.4 is 0 Å². The predicted octanol–water partition coefficient (Wildman–Crippen LogP) is 5.79. The average molecular weight is 316 g/mol. The molecule has 2 nitrogen and oxygen atoms in total. The van der Waals surface area contributed by atoms with Gasteiger partial charge in [0.25, 0.3) is 0 Å². The van der Waals surface area contributed by atoms with Gasteiger partial charge in [0, 0.05) is 6.42 Å². The molecule has 2 rings (SSSR count). The van der Waals surface area contributed by atoms with Gasteiger partial charge in [0.2, 0.25) is 0 Å². The summed E-state index contributed by atoms with van der Waals surface area (Å²) in [6, 6.07) is 10.6. The predicted molar refractivity (Wildman–Crippen MR) is 95.5 cm³/mol. The highest BCUT2D eigenvalue weighted by molar-refractivity contribution is 5.69. The summed E-state index contributed by atoms with van der Waals surface area (Å²) in [4.78, 5) is 12.3. The maximum absolute atomic E-state index is 12.3. The van der Waals surface area contributed by atoms with Crippen molar-refractivity contribution in [3.05, 3.63) is 35.9 Å². The minimum Gasteiger partial charge on any atom is -0.459 e. The van der Waals surface area contributed by atoms with Gasteiger partial charge in [-0.05, 0) is 55.9 Å². The molecule has 1 aromatic carbocycles. The van der Waals surface area contributed by atoms with E-state index in [1.165, 1.54) is 24.8 Å². The molecule has 0 heterocycles. The maximum Gasteiger partial charge on any atom is 0.306 e. The lowest BCUT2D eigenvalue weighted by molar-refractivity contribution is -0.164. The van der Waals surface area contributed by atoms with Crippen LogP contribution in [0.4, 0.5) is 0 Å². The number of ether oxygens (including phenoxy) is 1. The Hall–Kier alpha value is -1.31. The van der Waals surface area contributed by atoms with Crippen LogP contribution in [0.1, 0.15) is 84.1 Å². The van der Waals surface area contributed by atoms with E-state index in [2.05, 4.69) is 45.0 Å². The van der Waals surface area contributed by atoms with Crippen molar-refractivity contribution >= 4 is 5.97 Å². The Morgan fingerprint density at radius 3 is 2.39 bits per heavy atom. The van der Waals surface area contributed by atoms with Crippen LogP contribution in [0, 0.1) is 0 Å². The largest absolute Gasteiger partial charge is 0.459 e. The molecule has 0 aromatic heterocycles. The second-order valence-electron chi connectivity index (χ2n) is 7.67. The van der Waals surface area contributed by atoms with Crippen LogP contribution in [-0.2, 0) is 14.9 Å².